The van der Waals surface area contributed by atoms with Crippen molar-refractivity contribution in [3.8, 4) is 5.88 Å². The molecule has 0 radical (unpaired) electrons. The third kappa shape index (κ3) is 2.40. The van der Waals surface area contributed by atoms with E-state index in [9.17, 15) is 0 Å². The topological polar surface area (TPSA) is 68.4 Å². The second-order valence-electron chi connectivity index (χ2n) is 2.55. The Labute approximate surface area is 84.9 Å². The van der Waals surface area contributed by atoms with Gasteiger partial charge in [0.2, 0.25) is 5.88 Å². The first kappa shape index (κ1) is 10.4. The van der Waals surface area contributed by atoms with Crippen LogP contribution in [0.1, 0.15) is 11.6 Å². The lowest BCUT2D eigenvalue weighted by molar-refractivity contribution is 0.267. The van der Waals surface area contributed by atoms with E-state index < -0.39 is 6.04 Å². The summed E-state index contributed by atoms with van der Waals surface area (Å²) < 4.78 is 5.68. The van der Waals surface area contributed by atoms with Crippen molar-refractivity contribution in [1.29, 1.82) is 0 Å². The summed E-state index contributed by atoms with van der Waals surface area (Å²) in [7, 11) is 1.54. The van der Waals surface area contributed by atoms with Gasteiger partial charge >= 0.3 is 0 Å². The van der Waals surface area contributed by atoms with Crippen LogP contribution >= 0.6 is 15.9 Å². The molecule has 0 aliphatic heterocycles. The molecule has 1 aromatic heterocycles. The zero-order valence-corrected chi connectivity index (χ0v) is 8.78. The Bertz CT molecular complexity index is 293. The van der Waals surface area contributed by atoms with E-state index in [1.807, 2.05) is 0 Å². The third-order valence-corrected chi connectivity index (χ3v) is 2.21. The maximum Gasteiger partial charge on any atom is 0.227 e. The molecule has 0 aromatic carbocycles. The molecule has 1 heterocycles. The molecule has 13 heavy (non-hydrogen) atoms. The summed E-state index contributed by atoms with van der Waals surface area (Å²) in [5, 5.41) is 8.81. The Kier molecular flexibility index (Phi) is 3.65. The Morgan fingerprint density at radius 3 is 2.92 bits per heavy atom. The lowest BCUT2D eigenvalue weighted by Gasteiger charge is -2.09. The van der Waals surface area contributed by atoms with E-state index in [4.69, 9.17) is 15.6 Å². The van der Waals surface area contributed by atoms with Gasteiger partial charge in [-0.05, 0) is 27.6 Å². The fourth-order valence-corrected chi connectivity index (χ4v) is 1.43. The van der Waals surface area contributed by atoms with Crippen molar-refractivity contribution in [2.24, 2.45) is 5.73 Å². The number of nitrogens with two attached hydrogens (primary N) is 1. The van der Waals surface area contributed by atoms with Crippen LogP contribution in [0.2, 0.25) is 0 Å². The summed E-state index contributed by atoms with van der Waals surface area (Å²) in [5.41, 5.74) is 6.38. The van der Waals surface area contributed by atoms with Crippen molar-refractivity contribution in [2.45, 2.75) is 6.04 Å². The number of halogens is 1. The number of aromatic nitrogens is 1. The molecule has 4 nitrogen and oxygen atoms in total. The molecule has 1 atom stereocenters. The molecule has 0 bridgehead atoms. The van der Waals surface area contributed by atoms with E-state index in [-0.39, 0.29) is 6.61 Å². The molecular formula is C8H11BrN2O2. The fourth-order valence-electron chi connectivity index (χ4n) is 0.899. The number of hydrogen-bond donors (Lipinski definition) is 2. The number of hydrogen-bond acceptors (Lipinski definition) is 4. The lowest BCUT2D eigenvalue weighted by atomic mass is 10.1. The predicted octanol–water partition coefficient (Wildman–Crippen LogP) is 0.845. The smallest absolute Gasteiger partial charge is 0.227 e. The zero-order valence-electron chi connectivity index (χ0n) is 7.20. The maximum absolute atomic E-state index is 8.81. The number of aliphatic hydroxyl groups is 1. The van der Waals surface area contributed by atoms with Crippen LogP contribution in [0.5, 0.6) is 5.88 Å². The van der Waals surface area contributed by atoms with Gasteiger partial charge in [-0.1, -0.05) is 0 Å². The van der Waals surface area contributed by atoms with Crippen LogP contribution in [0.3, 0.4) is 0 Å². The summed E-state index contributed by atoms with van der Waals surface area (Å²) in [5.74, 6) is 0.508. The SMILES string of the molecule is COc1ncc(C(N)CO)cc1Br. The van der Waals surface area contributed by atoms with Crippen molar-refractivity contribution in [2.75, 3.05) is 13.7 Å². The predicted molar refractivity (Wildman–Crippen MR) is 52.5 cm³/mol. The van der Waals surface area contributed by atoms with Gasteiger partial charge in [0.25, 0.3) is 0 Å². The average Bonchev–Trinajstić information content (AvgIpc) is 2.16. The van der Waals surface area contributed by atoms with Gasteiger partial charge in [0.1, 0.15) is 0 Å². The molecule has 0 amide bonds. The number of methoxy groups -OCH3 is 1. The van der Waals surface area contributed by atoms with Crippen molar-refractivity contribution < 1.29 is 9.84 Å². The Morgan fingerprint density at radius 2 is 2.46 bits per heavy atom. The number of rotatable bonds is 3. The van der Waals surface area contributed by atoms with Crippen LogP contribution < -0.4 is 10.5 Å². The summed E-state index contributed by atoms with van der Waals surface area (Å²) in [6.45, 7) is -0.0968. The number of aliphatic hydroxyl groups excluding tert-OH is 1. The molecule has 5 heteroatoms. The first-order valence-corrected chi connectivity index (χ1v) is 4.54. The molecule has 0 aliphatic carbocycles. The second kappa shape index (κ2) is 4.55. The molecule has 3 N–H and O–H groups in total. The monoisotopic (exact) mass is 246 g/mol. The van der Waals surface area contributed by atoms with Crippen LogP contribution in [-0.4, -0.2) is 23.8 Å². The van der Waals surface area contributed by atoms with Crippen LogP contribution in [0.15, 0.2) is 16.7 Å². The minimum absolute atomic E-state index is 0.0968. The summed E-state index contributed by atoms with van der Waals surface area (Å²) in [6, 6.07) is 1.39. The maximum atomic E-state index is 8.81. The Hall–Kier alpha value is -0.650. The molecular weight excluding hydrogens is 236 g/mol. The van der Waals surface area contributed by atoms with Crippen LogP contribution in [-0.2, 0) is 0 Å². The van der Waals surface area contributed by atoms with E-state index in [1.165, 1.54) is 0 Å². The molecule has 0 saturated heterocycles. The second-order valence-corrected chi connectivity index (χ2v) is 3.40. The Balaban J connectivity index is 2.95. The highest BCUT2D eigenvalue weighted by atomic mass is 79.9. The van der Waals surface area contributed by atoms with Gasteiger partial charge in [0.05, 0.1) is 24.2 Å². The van der Waals surface area contributed by atoms with E-state index >= 15 is 0 Å². The number of nitrogens with zero attached hydrogens (tertiary/aromatic N) is 1. The number of pyridine rings is 1. The van der Waals surface area contributed by atoms with Gasteiger partial charge in [-0.15, -0.1) is 0 Å². The summed E-state index contributed by atoms with van der Waals surface area (Å²) in [6.07, 6.45) is 1.59. The standard InChI is InChI=1S/C8H11BrN2O2/c1-13-8-6(9)2-5(3-11-8)7(10)4-12/h2-3,7,12H,4,10H2,1H3. The molecule has 0 aliphatic rings. The lowest BCUT2D eigenvalue weighted by Crippen LogP contribution is -2.14. The van der Waals surface area contributed by atoms with E-state index in [0.717, 1.165) is 10.0 Å². The van der Waals surface area contributed by atoms with Crippen LogP contribution in [0, 0.1) is 0 Å². The number of ether oxygens (including phenoxy) is 1. The van der Waals surface area contributed by atoms with E-state index in [2.05, 4.69) is 20.9 Å². The van der Waals surface area contributed by atoms with Crippen molar-refractivity contribution >= 4 is 15.9 Å². The zero-order chi connectivity index (χ0) is 9.84. The Morgan fingerprint density at radius 1 is 1.77 bits per heavy atom. The van der Waals surface area contributed by atoms with Gasteiger partial charge in [0, 0.05) is 6.20 Å². The van der Waals surface area contributed by atoms with Crippen molar-refractivity contribution in [3.05, 3.63) is 22.3 Å². The van der Waals surface area contributed by atoms with Crippen molar-refractivity contribution in [1.82, 2.24) is 4.98 Å². The van der Waals surface area contributed by atoms with Gasteiger partial charge in [-0.2, -0.15) is 0 Å². The van der Waals surface area contributed by atoms with Gasteiger partial charge in [0.15, 0.2) is 0 Å². The minimum Gasteiger partial charge on any atom is -0.480 e. The fraction of sp³-hybridized carbons (Fsp3) is 0.375. The molecule has 1 rings (SSSR count). The van der Waals surface area contributed by atoms with Crippen molar-refractivity contribution in [3.63, 3.8) is 0 Å². The van der Waals surface area contributed by atoms with E-state index in [0.29, 0.717) is 5.88 Å². The van der Waals surface area contributed by atoms with Crippen LogP contribution in [0.4, 0.5) is 0 Å². The molecule has 72 valence electrons. The third-order valence-electron chi connectivity index (χ3n) is 1.65. The van der Waals surface area contributed by atoms with Crippen LogP contribution in [0.25, 0.3) is 0 Å². The first-order chi connectivity index (χ1) is 6.19. The summed E-state index contributed by atoms with van der Waals surface area (Å²) in [4.78, 5) is 4.01. The molecule has 0 fully saturated rings. The molecule has 1 unspecified atom stereocenters. The highest BCUT2D eigenvalue weighted by Crippen LogP contribution is 2.24. The first-order valence-electron chi connectivity index (χ1n) is 3.75. The van der Waals surface area contributed by atoms with E-state index in [1.54, 1.807) is 19.4 Å². The summed E-state index contributed by atoms with van der Waals surface area (Å²) >= 11 is 3.28. The minimum atomic E-state index is -0.394. The highest BCUT2D eigenvalue weighted by molar-refractivity contribution is 9.10. The van der Waals surface area contributed by atoms with Gasteiger partial charge < -0.3 is 15.6 Å². The molecule has 1 aromatic rings. The highest BCUT2D eigenvalue weighted by Gasteiger charge is 2.08. The van der Waals surface area contributed by atoms with Gasteiger partial charge in [-0.25, -0.2) is 4.98 Å². The average molecular weight is 247 g/mol. The van der Waals surface area contributed by atoms with Gasteiger partial charge in [-0.3, -0.25) is 0 Å². The molecule has 0 spiro atoms. The largest absolute Gasteiger partial charge is 0.480 e. The molecule has 0 saturated carbocycles. The quantitative estimate of drug-likeness (QED) is 0.830. The normalized spacial score (nSPS) is 12.6.